The van der Waals surface area contributed by atoms with Crippen molar-refractivity contribution in [2.45, 2.75) is 6.92 Å². The fourth-order valence-electron chi connectivity index (χ4n) is 2.70. The van der Waals surface area contributed by atoms with Crippen molar-refractivity contribution < 1.29 is 0 Å². The van der Waals surface area contributed by atoms with E-state index in [1.807, 2.05) is 0 Å². The van der Waals surface area contributed by atoms with Crippen molar-refractivity contribution in [3.63, 3.8) is 0 Å². The Bertz CT molecular complexity index is 770. The summed E-state index contributed by atoms with van der Waals surface area (Å²) in [6, 6.07) is 30.1. The van der Waals surface area contributed by atoms with Gasteiger partial charge in [-0.15, -0.1) is 0 Å². The van der Waals surface area contributed by atoms with Gasteiger partial charge in [-0.05, 0) is 43.2 Å². The van der Waals surface area contributed by atoms with E-state index in [0.717, 1.165) is 10.6 Å². The normalized spacial score (nSPS) is 11.7. The highest BCUT2D eigenvalue weighted by Crippen LogP contribution is 2.36. The highest BCUT2D eigenvalue weighted by molar-refractivity contribution is 9.10. The quantitative estimate of drug-likeness (QED) is 0.466. The summed E-state index contributed by atoms with van der Waals surface area (Å²) in [5.74, 6) is 0. The molecule has 2 heteroatoms. The summed E-state index contributed by atoms with van der Waals surface area (Å²) in [7, 11) is -0.380. The molecule has 24 heavy (non-hydrogen) atoms. The second-order valence-electron chi connectivity index (χ2n) is 5.77. The molecule has 3 rings (SSSR count). The molecule has 0 spiro atoms. The highest BCUT2D eigenvalue weighted by atomic mass is 79.9. The Morgan fingerprint density at radius 2 is 1.29 bits per heavy atom. The third-order valence-electron chi connectivity index (χ3n) is 3.85. The summed E-state index contributed by atoms with van der Waals surface area (Å²) in [6.45, 7) is 2.24. The number of hydrogen-bond acceptors (Lipinski definition) is 0. The van der Waals surface area contributed by atoms with E-state index >= 15 is 0 Å². The lowest BCUT2D eigenvalue weighted by Gasteiger charge is -2.19. The molecule has 0 nitrogen and oxygen atoms in total. The van der Waals surface area contributed by atoms with E-state index in [1.165, 1.54) is 21.7 Å². The summed E-state index contributed by atoms with van der Waals surface area (Å²) in [5.41, 5.74) is 2.65. The first kappa shape index (κ1) is 17.1. The molecule has 0 saturated carbocycles. The van der Waals surface area contributed by atoms with Crippen molar-refractivity contribution in [1.82, 2.24) is 0 Å². The largest absolute Gasteiger partial charge is 0.0678 e. The van der Waals surface area contributed by atoms with E-state index in [-0.39, 0.29) is 7.92 Å². The maximum atomic E-state index is 3.64. The molecule has 0 amide bonds. The Balaban J connectivity index is 1.91. The first-order chi connectivity index (χ1) is 11.7. The summed E-state index contributed by atoms with van der Waals surface area (Å²) in [6.07, 6.45) is 3.37. The Morgan fingerprint density at radius 1 is 0.792 bits per heavy atom. The lowest BCUT2D eigenvalue weighted by molar-refractivity contribution is 1.42. The first-order valence-corrected chi connectivity index (χ1v) is 10.4. The molecule has 120 valence electrons. The predicted molar refractivity (Wildman–Crippen MR) is 112 cm³/mol. The average Bonchev–Trinajstić information content (AvgIpc) is 2.63. The molecule has 0 radical (unpaired) electrons. The average molecular weight is 395 g/mol. The topological polar surface area (TPSA) is 0 Å². The third-order valence-corrected chi connectivity index (χ3v) is 7.23. The van der Waals surface area contributed by atoms with Crippen LogP contribution in [0.2, 0.25) is 0 Å². The van der Waals surface area contributed by atoms with Crippen LogP contribution in [0.5, 0.6) is 0 Å². The van der Waals surface area contributed by atoms with Crippen LogP contribution in [0.4, 0.5) is 0 Å². The molecule has 0 bridgehead atoms. The van der Waals surface area contributed by atoms with Crippen molar-refractivity contribution in [2.24, 2.45) is 0 Å². The van der Waals surface area contributed by atoms with E-state index in [4.69, 9.17) is 0 Å². The maximum absolute atomic E-state index is 3.64. The molecule has 0 aromatic heterocycles. The minimum atomic E-state index is -0.380. The maximum Gasteiger partial charge on any atom is 0.0247 e. The van der Waals surface area contributed by atoms with Crippen LogP contribution in [0.1, 0.15) is 12.5 Å². The summed E-state index contributed by atoms with van der Waals surface area (Å²) in [4.78, 5) is 0. The molecule has 0 saturated heterocycles. The zero-order valence-electron chi connectivity index (χ0n) is 13.7. The predicted octanol–water partition coefficient (Wildman–Crippen LogP) is 5.99. The zero-order valence-corrected chi connectivity index (χ0v) is 16.2. The minimum absolute atomic E-state index is 0.380. The molecule has 0 fully saturated rings. The van der Waals surface area contributed by atoms with Gasteiger partial charge in [0.25, 0.3) is 0 Å². The van der Waals surface area contributed by atoms with E-state index in [0.29, 0.717) is 0 Å². The number of halogens is 1. The Hall–Kier alpha value is -1.69. The molecule has 0 N–H and O–H groups in total. The number of rotatable bonds is 5. The lowest BCUT2D eigenvalue weighted by atomic mass is 10.1. The van der Waals surface area contributed by atoms with E-state index < -0.39 is 0 Å². The van der Waals surface area contributed by atoms with Gasteiger partial charge in [0.15, 0.2) is 0 Å². The second-order valence-corrected chi connectivity index (χ2v) is 8.83. The number of allylic oxidation sites excluding steroid dienone is 1. The van der Waals surface area contributed by atoms with Crippen LogP contribution >= 0.6 is 23.9 Å². The summed E-state index contributed by atoms with van der Waals surface area (Å²) in [5, 5.41) is 2.86. The summed E-state index contributed by atoms with van der Waals surface area (Å²) < 4.78 is 1.15. The molecule has 0 atom stereocenters. The van der Waals surface area contributed by atoms with Crippen molar-refractivity contribution in [1.29, 1.82) is 0 Å². The van der Waals surface area contributed by atoms with Crippen LogP contribution in [0.3, 0.4) is 0 Å². The van der Waals surface area contributed by atoms with Gasteiger partial charge < -0.3 is 0 Å². The standard InChI is InChI=1S/C22H20BrP/c1-18(16-19-10-8-9-15-22(19)23)17-24(20-11-4-2-5-12-20)21-13-6-3-7-14-21/h2-16H,17H2,1H3/b18-16-. The van der Waals surface area contributed by atoms with Gasteiger partial charge in [-0.2, -0.15) is 0 Å². The smallest absolute Gasteiger partial charge is 0.0247 e. The van der Waals surface area contributed by atoms with Crippen molar-refractivity contribution in [2.75, 3.05) is 6.16 Å². The van der Waals surface area contributed by atoms with Crippen LogP contribution in [0.25, 0.3) is 6.08 Å². The van der Waals surface area contributed by atoms with Gasteiger partial charge in [-0.1, -0.05) is 106 Å². The van der Waals surface area contributed by atoms with E-state index in [9.17, 15) is 0 Å². The van der Waals surface area contributed by atoms with E-state index in [1.54, 1.807) is 0 Å². The third kappa shape index (κ3) is 4.44. The van der Waals surface area contributed by atoms with Crippen LogP contribution in [-0.2, 0) is 0 Å². The molecular weight excluding hydrogens is 375 g/mol. The molecule has 3 aromatic rings. The highest BCUT2D eigenvalue weighted by Gasteiger charge is 2.14. The van der Waals surface area contributed by atoms with Crippen LogP contribution in [-0.4, -0.2) is 6.16 Å². The molecule has 0 aliphatic rings. The molecular formula is C22H20BrP. The van der Waals surface area contributed by atoms with Gasteiger partial charge in [-0.25, -0.2) is 0 Å². The minimum Gasteiger partial charge on any atom is -0.0678 e. The first-order valence-electron chi connectivity index (χ1n) is 8.03. The van der Waals surface area contributed by atoms with Gasteiger partial charge in [0.05, 0.1) is 0 Å². The Kier molecular flexibility index (Phi) is 6.01. The SMILES string of the molecule is C/C(=C/c1ccccc1Br)CP(c1ccccc1)c1ccccc1. The van der Waals surface area contributed by atoms with Crippen LogP contribution in [0, 0.1) is 0 Å². The number of benzene rings is 3. The van der Waals surface area contributed by atoms with Gasteiger partial charge in [-0.3, -0.25) is 0 Å². The Morgan fingerprint density at radius 3 is 1.83 bits per heavy atom. The van der Waals surface area contributed by atoms with Crippen molar-refractivity contribution in [3.05, 3.63) is 101 Å². The molecule has 0 aliphatic carbocycles. The second kappa shape index (κ2) is 8.42. The Labute approximate surface area is 154 Å². The monoisotopic (exact) mass is 394 g/mol. The van der Waals surface area contributed by atoms with Gasteiger partial charge in [0.1, 0.15) is 0 Å². The van der Waals surface area contributed by atoms with E-state index in [2.05, 4.69) is 114 Å². The van der Waals surface area contributed by atoms with Gasteiger partial charge in [0, 0.05) is 4.47 Å². The fraction of sp³-hybridized carbons (Fsp3) is 0.0909. The van der Waals surface area contributed by atoms with Crippen LogP contribution in [0.15, 0.2) is 95.0 Å². The van der Waals surface area contributed by atoms with Gasteiger partial charge >= 0.3 is 0 Å². The van der Waals surface area contributed by atoms with Crippen molar-refractivity contribution >= 4 is 40.5 Å². The molecule has 0 unspecified atom stereocenters. The molecule has 0 heterocycles. The van der Waals surface area contributed by atoms with Gasteiger partial charge in [0.2, 0.25) is 0 Å². The number of hydrogen-bond donors (Lipinski definition) is 0. The van der Waals surface area contributed by atoms with Crippen LogP contribution < -0.4 is 10.6 Å². The molecule has 0 aliphatic heterocycles. The zero-order chi connectivity index (χ0) is 16.8. The summed E-state index contributed by atoms with van der Waals surface area (Å²) >= 11 is 3.64. The molecule has 3 aromatic carbocycles. The lowest BCUT2D eigenvalue weighted by Crippen LogP contribution is -2.14. The fourth-order valence-corrected chi connectivity index (χ4v) is 5.42. The van der Waals surface area contributed by atoms with Crippen molar-refractivity contribution in [3.8, 4) is 0 Å².